The molecule has 2 aromatic rings. The molecule has 0 fully saturated rings. The number of hydrogen-bond acceptors (Lipinski definition) is 3. The van der Waals surface area contributed by atoms with Crippen molar-refractivity contribution in [3.63, 3.8) is 0 Å². The molecule has 0 unspecified atom stereocenters. The normalized spacial score (nSPS) is 10.7. The molecule has 80 valence electrons. The first kappa shape index (κ1) is 9.76. The van der Waals surface area contributed by atoms with Crippen molar-refractivity contribution in [2.75, 3.05) is 5.73 Å². The highest BCUT2D eigenvalue weighted by Crippen LogP contribution is 2.07. The molecule has 0 radical (unpaired) electrons. The maximum Gasteiger partial charge on any atom is 0.0945 e. The summed E-state index contributed by atoms with van der Waals surface area (Å²) in [6.45, 7) is 3.76. The van der Waals surface area contributed by atoms with Gasteiger partial charge in [-0.25, -0.2) is 4.98 Å². The van der Waals surface area contributed by atoms with Gasteiger partial charge in [0, 0.05) is 31.7 Å². The molecule has 0 aromatic carbocycles. The maximum atomic E-state index is 5.71. The Hall–Kier alpha value is -1.78. The fourth-order valence-electron chi connectivity index (χ4n) is 1.48. The second-order valence-corrected chi connectivity index (χ2v) is 3.59. The van der Waals surface area contributed by atoms with Crippen LogP contribution in [0, 0.1) is 6.92 Å². The standard InChI is InChI=1S/C10H15N5/c1-9-10(11)7-15(13-9)5-2-4-14-6-3-12-8-14/h3,6-8H,2,4-5,11H2,1H3. The average Bonchev–Trinajstić information content (AvgIpc) is 2.79. The van der Waals surface area contributed by atoms with Gasteiger partial charge in [0.2, 0.25) is 0 Å². The van der Waals surface area contributed by atoms with Crippen LogP contribution in [0.4, 0.5) is 5.69 Å². The number of nitrogens with zero attached hydrogens (tertiary/aromatic N) is 4. The zero-order chi connectivity index (χ0) is 10.7. The Bertz CT molecular complexity index is 395. The number of anilines is 1. The van der Waals surface area contributed by atoms with Crippen molar-refractivity contribution in [2.45, 2.75) is 26.4 Å². The van der Waals surface area contributed by atoms with Crippen LogP contribution in [0.2, 0.25) is 0 Å². The van der Waals surface area contributed by atoms with Crippen LogP contribution in [-0.4, -0.2) is 19.3 Å². The summed E-state index contributed by atoms with van der Waals surface area (Å²) in [4.78, 5) is 3.99. The molecule has 5 heteroatoms. The molecule has 0 spiro atoms. The third-order valence-corrected chi connectivity index (χ3v) is 2.35. The summed E-state index contributed by atoms with van der Waals surface area (Å²) < 4.78 is 3.95. The molecule has 2 aromatic heterocycles. The molecule has 5 nitrogen and oxygen atoms in total. The van der Waals surface area contributed by atoms with E-state index in [-0.39, 0.29) is 0 Å². The van der Waals surface area contributed by atoms with E-state index in [2.05, 4.69) is 14.6 Å². The van der Waals surface area contributed by atoms with E-state index >= 15 is 0 Å². The minimum atomic E-state index is 0.762. The van der Waals surface area contributed by atoms with Gasteiger partial charge in [-0.2, -0.15) is 5.10 Å². The summed E-state index contributed by atoms with van der Waals surface area (Å²) in [5.74, 6) is 0. The van der Waals surface area contributed by atoms with Crippen molar-refractivity contribution in [3.05, 3.63) is 30.6 Å². The van der Waals surface area contributed by atoms with Gasteiger partial charge in [-0.15, -0.1) is 0 Å². The van der Waals surface area contributed by atoms with Gasteiger partial charge in [0.05, 0.1) is 17.7 Å². The Morgan fingerprint density at radius 2 is 2.27 bits per heavy atom. The third-order valence-electron chi connectivity index (χ3n) is 2.35. The molecule has 0 aliphatic rings. The van der Waals surface area contributed by atoms with Gasteiger partial charge >= 0.3 is 0 Å². The van der Waals surface area contributed by atoms with E-state index in [4.69, 9.17) is 5.73 Å². The summed E-state index contributed by atoms with van der Waals surface area (Å²) in [7, 11) is 0. The molecular formula is C10H15N5. The number of rotatable bonds is 4. The lowest BCUT2D eigenvalue weighted by Crippen LogP contribution is -2.03. The summed E-state index contributed by atoms with van der Waals surface area (Å²) in [6.07, 6.45) is 8.47. The van der Waals surface area contributed by atoms with Crippen molar-refractivity contribution in [3.8, 4) is 0 Å². The van der Waals surface area contributed by atoms with E-state index in [1.807, 2.05) is 30.3 Å². The monoisotopic (exact) mass is 205 g/mol. The lowest BCUT2D eigenvalue weighted by Gasteiger charge is -2.02. The van der Waals surface area contributed by atoms with Crippen molar-refractivity contribution in [1.82, 2.24) is 19.3 Å². The lowest BCUT2D eigenvalue weighted by atomic mass is 10.4. The summed E-state index contributed by atoms with van der Waals surface area (Å²) >= 11 is 0. The average molecular weight is 205 g/mol. The summed E-state index contributed by atoms with van der Waals surface area (Å²) in [5.41, 5.74) is 7.37. The van der Waals surface area contributed by atoms with E-state index in [0.717, 1.165) is 30.9 Å². The first-order chi connectivity index (χ1) is 7.25. The van der Waals surface area contributed by atoms with E-state index in [9.17, 15) is 0 Å². The molecule has 2 rings (SSSR count). The van der Waals surface area contributed by atoms with Gasteiger partial charge in [0.15, 0.2) is 0 Å². The number of aromatic nitrogens is 4. The lowest BCUT2D eigenvalue weighted by molar-refractivity contribution is 0.524. The number of aryl methyl sites for hydroxylation is 3. The summed E-state index contributed by atoms with van der Waals surface area (Å²) in [6, 6.07) is 0. The Morgan fingerprint density at radius 1 is 1.40 bits per heavy atom. The van der Waals surface area contributed by atoms with Gasteiger partial charge in [-0.05, 0) is 13.3 Å². The molecule has 2 heterocycles. The SMILES string of the molecule is Cc1nn(CCCn2ccnc2)cc1N. The second-order valence-electron chi connectivity index (χ2n) is 3.59. The smallest absolute Gasteiger partial charge is 0.0945 e. The Labute approximate surface area is 88.5 Å². The van der Waals surface area contributed by atoms with Crippen LogP contribution in [0.25, 0.3) is 0 Å². The molecule has 15 heavy (non-hydrogen) atoms. The van der Waals surface area contributed by atoms with Crippen molar-refractivity contribution < 1.29 is 0 Å². The Morgan fingerprint density at radius 3 is 2.87 bits per heavy atom. The van der Waals surface area contributed by atoms with Gasteiger partial charge in [-0.1, -0.05) is 0 Å². The van der Waals surface area contributed by atoms with Crippen molar-refractivity contribution in [2.24, 2.45) is 0 Å². The Kier molecular flexibility index (Phi) is 2.71. The fraction of sp³-hybridized carbons (Fsp3) is 0.400. The highest BCUT2D eigenvalue weighted by atomic mass is 15.3. The molecule has 0 aliphatic carbocycles. The third kappa shape index (κ3) is 2.37. The minimum absolute atomic E-state index is 0.762. The van der Waals surface area contributed by atoms with E-state index in [0.29, 0.717) is 0 Å². The first-order valence-corrected chi connectivity index (χ1v) is 5.01. The number of nitrogens with two attached hydrogens (primary N) is 1. The van der Waals surface area contributed by atoms with Crippen LogP contribution in [-0.2, 0) is 13.1 Å². The van der Waals surface area contributed by atoms with Crippen molar-refractivity contribution >= 4 is 5.69 Å². The second kappa shape index (κ2) is 4.16. The zero-order valence-electron chi connectivity index (χ0n) is 8.80. The predicted molar refractivity (Wildman–Crippen MR) is 58.2 cm³/mol. The highest BCUT2D eigenvalue weighted by molar-refractivity contribution is 5.39. The van der Waals surface area contributed by atoms with Gasteiger partial charge < -0.3 is 10.3 Å². The van der Waals surface area contributed by atoms with Gasteiger partial charge in [0.25, 0.3) is 0 Å². The fourth-order valence-corrected chi connectivity index (χ4v) is 1.48. The van der Waals surface area contributed by atoms with Crippen LogP contribution in [0.3, 0.4) is 0 Å². The van der Waals surface area contributed by atoms with Crippen molar-refractivity contribution in [1.29, 1.82) is 0 Å². The minimum Gasteiger partial charge on any atom is -0.396 e. The predicted octanol–water partition coefficient (Wildman–Crippen LogP) is 1.06. The molecular weight excluding hydrogens is 190 g/mol. The van der Waals surface area contributed by atoms with Crippen LogP contribution in [0.1, 0.15) is 12.1 Å². The molecule has 0 amide bonds. The topological polar surface area (TPSA) is 61.7 Å². The number of imidazole rings is 1. The quantitative estimate of drug-likeness (QED) is 0.811. The molecule has 0 atom stereocenters. The zero-order valence-corrected chi connectivity index (χ0v) is 8.80. The molecule has 0 saturated carbocycles. The Balaban J connectivity index is 1.83. The van der Waals surface area contributed by atoms with E-state index < -0.39 is 0 Å². The van der Waals surface area contributed by atoms with Crippen LogP contribution < -0.4 is 5.73 Å². The maximum absolute atomic E-state index is 5.71. The highest BCUT2D eigenvalue weighted by Gasteiger charge is 1.99. The molecule has 0 bridgehead atoms. The first-order valence-electron chi connectivity index (χ1n) is 5.01. The van der Waals surface area contributed by atoms with Crippen LogP contribution >= 0.6 is 0 Å². The molecule has 0 saturated heterocycles. The van der Waals surface area contributed by atoms with Crippen LogP contribution in [0.15, 0.2) is 24.9 Å². The number of hydrogen-bond donors (Lipinski definition) is 1. The number of nitrogen functional groups attached to an aromatic ring is 1. The van der Waals surface area contributed by atoms with E-state index in [1.165, 1.54) is 0 Å². The van der Waals surface area contributed by atoms with Gasteiger partial charge in [0.1, 0.15) is 0 Å². The summed E-state index contributed by atoms with van der Waals surface area (Å²) in [5, 5.41) is 4.30. The molecule has 0 aliphatic heterocycles. The van der Waals surface area contributed by atoms with Gasteiger partial charge in [-0.3, -0.25) is 4.68 Å². The largest absolute Gasteiger partial charge is 0.396 e. The molecule has 2 N–H and O–H groups in total. The van der Waals surface area contributed by atoms with Crippen LogP contribution in [0.5, 0.6) is 0 Å². The van der Waals surface area contributed by atoms with E-state index in [1.54, 1.807) is 6.20 Å².